The summed E-state index contributed by atoms with van der Waals surface area (Å²) in [6.45, 7) is 5.02. The first-order valence-electron chi connectivity index (χ1n) is 8.71. The maximum Gasteiger partial charge on any atom is 0.224 e. The van der Waals surface area contributed by atoms with Crippen LogP contribution >= 0.6 is 0 Å². The van der Waals surface area contributed by atoms with E-state index in [-0.39, 0.29) is 35.6 Å². The first-order chi connectivity index (χ1) is 11.8. The zero-order valence-corrected chi connectivity index (χ0v) is 14.9. The first kappa shape index (κ1) is 19.4. The molecule has 25 heavy (non-hydrogen) atoms. The van der Waals surface area contributed by atoms with Gasteiger partial charge in [-0.1, -0.05) is 26.0 Å². The molecule has 1 aromatic rings. The van der Waals surface area contributed by atoms with Crippen LogP contribution in [0.5, 0.6) is 0 Å². The number of halogens is 1. The maximum absolute atomic E-state index is 13.2. The molecule has 0 radical (unpaired) electrons. The molecule has 1 saturated heterocycles. The lowest BCUT2D eigenvalue weighted by Crippen LogP contribution is -2.48. The zero-order valence-electron chi connectivity index (χ0n) is 14.9. The largest absolute Gasteiger partial charge is 0.396 e. The number of rotatable bonds is 7. The molecule has 1 aliphatic rings. The quantitative estimate of drug-likeness (QED) is 0.787. The van der Waals surface area contributed by atoms with Gasteiger partial charge in [0.15, 0.2) is 0 Å². The zero-order chi connectivity index (χ0) is 18.4. The van der Waals surface area contributed by atoms with Crippen molar-refractivity contribution < 1.29 is 19.1 Å². The van der Waals surface area contributed by atoms with Crippen LogP contribution in [0, 0.1) is 17.2 Å². The number of carbonyl (C=O) groups is 2. The molecule has 2 rings (SSSR count). The molecule has 6 heteroatoms. The van der Waals surface area contributed by atoms with Gasteiger partial charge < -0.3 is 15.3 Å². The van der Waals surface area contributed by atoms with Crippen LogP contribution in [0.3, 0.4) is 0 Å². The number of hydrogen-bond donors (Lipinski definition) is 2. The molecule has 1 aliphatic heterocycles. The van der Waals surface area contributed by atoms with Crippen molar-refractivity contribution in [2.75, 3.05) is 26.2 Å². The Labute approximate surface area is 148 Å². The average molecular weight is 350 g/mol. The summed E-state index contributed by atoms with van der Waals surface area (Å²) in [6, 6.07) is 6.35. The highest BCUT2D eigenvalue weighted by Gasteiger charge is 2.30. The summed E-state index contributed by atoms with van der Waals surface area (Å²) in [4.78, 5) is 26.1. The van der Waals surface area contributed by atoms with E-state index in [1.54, 1.807) is 11.0 Å². The van der Waals surface area contributed by atoms with Gasteiger partial charge in [-0.15, -0.1) is 0 Å². The fourth-order valence-electron chi connectivity index (χ4n) is 2.83. The van der Waals surface area contributed by atoms with Crippen molar-refractivity contribution in [2.24, 2.45) is 11.3 Å². The van der Waals surface area contributed by atoms with Gasteiger partial charge >= 0.3 is 0 Å². The molecule has 0 saturated carbocycles. The number of likely N-dealkylation sites (tertiary alicyclic amines) is 1. The van der Waals surface area contributed by atoms with Gasteiger partial charge in [0, 0.05) is 38.1 Å². The molecular weight excluding hydrogens is 323 g/mol. The van der Waals surface area contributed by atoms with E-state index in [0.29, 0.717) is 38.9 Å². The van der Waals surface area contributed by atoms with E-state index in [9.17, 15) is 19.1 Å². The highest BCUT2D eigenvalue weighted by atomic mass is 19.1. The van der Waals surface area contributed by atoms with Crippen LogP contribution in [0.25, 0.3) is 0 Å². The summed E-state index contributed by atoms with van der Waals surface area (Å²) < 4.78 is 13.2. The van der Waals surface area contributed by atoms with E-state index in [4.69, 9.17) is 0 Å². The second kappa shape index (κ2) is 8.43. The first-order valence-corrected chi connectivity index (χ1v) is 8.71. The molecule has 5 nitrogen and oxygen atoms in total. The standard InChI is InChI=1S/C19H27FN2O3/c1-19(2,13-23)12-21-18(25)15-6-7-17(24)22(11-15)9-8-14-4-3-5-16(20)10-14/h3-5,10,15,23H,6-9,11-13H2,1-2H3,(H,21,25). The third-order valence-electron chi connectivity index (χ3n) is 4.60. The molecule has 2 amide bonds. The Morgan fingerprint density at radius 3 is 2.88 bits per heavy atom. The average Bonchev–Trinajstić information content (AvgIpc) is 2.59. The molecule has 0 spiro atoms. The highest BCUT2D eigenvalue weighted by molar-refractivity contribution is 5.83. The third-order valence-corrected chi connectivity index (χ3v) is 4.60. The minimum Gasteiger partial charge on any atom is -0.396 e. The van der Waals surface area contributed by atoms with Crippen LogP contribution in [-0.2, 0) is 16.0 Å². The minimum absolute atomic E-state index is 0.00378. The molecule has 1 heterocycles. The Hall–Kier alpha value is -1.95. The number of carbonyl (C=O) groups excluding carboxylic acids is 2. The van der Waals surface area contributed by atoms with Gasteiger partial charge in [-0.25, -0.2) is 4.39 Å². The molecule has 0 aliphatic carbocycles. The van der Waals surface area contributed by atoms with Crippen molar-refractivity contribution >= 4 is 11.8 Å². The topological polar surface area (TPSA) is 69.6 Å². The van der Waals surface area contributed by atoms with Gasteiger partial charge in [0.25, 0.3) is 0 Å². The molecule has 2 N–H and O–H groups in total. The van der Waals surface area contributed by atoms with Gasteiger partial charge in [0.2, 0.25) is 11.8 Å². The van der Waals surface area contributed by atoms with Gasteiger partial charge in [0.05, 0.1) is 5.92 Å². The second-order valence-corrected chi connectivity index (χ2v) is 7.50. The predicted octanol–water partition coefficient (Wildman–Crippen LogP) is 1.74. The second-order valence-electron chi connectivity index (χ2n) is 7.50. The van der Waals surface area contributed by atoms with Crippen LogP contribution in [0.15, 0.2) is 24.3 Å². The molecule has 1 fully saturated rings. The molecule has 0 aromatic heterocycles. The lowest BCUT2D eigenvalue weighted by molar-refractivity contribution is -0.138. The maximum atomic E-state index is 13.2. The summed E-state index contributed by atoms with van der Waals surface area (Å²) in [5.41, 5.74) is 0.473. The number of hydrogen-bond acceptors (Lipinski definition) is 3. The van der Waals surface area contributed by atoms with Gasteiger partial charge in [0.1, 0.15) is 5.82 Å². The molecule has 1 atom stereocenters. The third kappa shape index (κ3) is 5.81. The lowest BCUT2D eigenvalue weighted by atomic mass is 9.93. The van der Waals surface area contributed by atoms with Crippen molar-refractivity contribution in [3.05, 3.63) is 35.6 Å². The fourth-order valence-corrected chi connectivity index (χ4v) is 2.83. The van der Waals surface area contributed by atoms with E-state index in [1.165, 1.54) is 12.1 Å². The smallest absolute Gasteiger partial charge is 0.224 e. The molecule has 1 unspecified atom stereocenters. The Bertz CT molecular complexity index is 618. The van der Waals surface area contributed by atoms with Gasteiger partial charge in [-0.2, -0.15) is 0 Å². The summed E-state index contributed by atoms with van der Waals surface area (Å²) in [7, 11) is 0. The van der Waals surface area contributed by atoms with Crippen molar-refractivity contribution in [3.8, 4) is 0 Å². The minimum atomic E-state index is -0.364. The number of aliphatic hydroxyl groups is 1. The van der Waals surface area contributed by atoms with E-state index in [0.717, 1.165) is 5.56 Å². The van der Waals surface area contributed by atoms with E-state index in [2.05, 4.69) is 5.32 Å². The number of aliphatic hydroxyl groups excluding tert-OH is 1. The van der Waals surface area contributed by atoms with E-state index < -0.39 is 0 Å². The summed E-state index contributed by atoms with van der Waals surface area (Å²) in [5.74, 6) is -0.563. The number of benzene rings is 1. The molecular formula is C19H27FN2O3. The Morgan fingerprint density at radius 2 is 2.20 bits per heavy atom. The van der Waals surface area contributed by atoms with Crippen LogP contribution in [0.4, 0.5) is 4.39 Å². The monoisotopic (exact) mass is 350 g/mol. The summed E-state index contributed by atoms with van der Waals surface area (Å²) in [5, 5.41) is 12.1. The van der Waals surface area contributed by atoms with E-state index >= 15 is 0 Å². The van der Waals surface area contributed by atoms with Crippen LogP contribution < -0.4 is 5.32 Å². The SMILES string of the molecule is CC(C)(CO)CNC(=O)C1CCC(=O)N(CCc2cccc(F)c2)C1. The number of nitrogens with zero attached hydrogens (tertiary/aromatic N) is 1. The van der Waals surface area contributed by atoms with E-state index in [1.807, 2.05) is 19.9 Å². The van der Waals surface area contributed by atoms with Crippen LogP contribution in [0.2, 0.25) is 0 Å². The normalized spacial score (nSPS) is 18.3. The molecule has 1 aromatic carbocycles. The van der Waals surface area contributed by atoms with Crippen molar-refractivity contribution in [2.45, 2.75) is 33.1 Å². The van der Waals surface area contributed by atoms with Crippen LogP contribution in [-0.4, -0.2) is 48.1 Å². The Kier molecular flexibility index (Phi) is 6.53. The number of piperidine rings is 1. The van der Waals surface area contributed by atoms with Gasteiger partial charge in [-0.3, -0.25) is 9.59 Å². The highest BCUT2D eigenvalue weighted by Crippen LogP contribution is 2.19. The lowest BCUT2D eigenvalue weighted by Gasteiger charge is -2.32. The van der Waals surface area contributed by atoms with Crippen molar-refractivity contribution in [3.63, 3.8) is 0 Å². The molecule has 138 valence electrons. The van der Waals surface area contributed by atoms with Crippen molar-refractivity contribution in [1.29, 1.82) is 0 Å². The number of amides is 2. The van der Waals surface area contributed by atoms with Gasteiger partial charge in [-0.05, 0) is 30.5 Å². The van der Waals surface area contributed by atoms with Crippen LogP contribution in [0.1, 0.15) is 32.3 Å². The summed E-state index contributed by atoms with van der Waals surface area (Å²) in [6.07, 6.45) is 1.46. The fraction of sp³-hybridized carbons (Fsp3) is 0.579. The predicted molar refractivity (Wildman–Crippen MR) is 93.3 cm³/mol. The Balaban J connectivity index is 1.87. The molecule has 0 bridgehead atoms. The Morgan fingerprint density at radius 1 is 1.44 bits per heavy atom. The number of nitrogens with one attached hydrogen (secondary N) is 1. The summed E-state index contributed by atoms with van der Waals surface area (Å²) >= 11 is 0. The van der Waals surface area contributed by atoms with Crippen molar-refractivity contribution in [1.82, 2.24) is 10.2 Å².